The van der Waals surface area contributed by atoms with Crippen molar-refractivity contribution in [1.29, 1.82) is 0 Å². The molecule has 6 nitrogen and oxygen atoms in total. The molecule has 2 fully saturated rings. The molecular formula is C26H30FN5O. The third-order valence-corrected chi connectivity index (χ3v) is 7.14. The Labute approximate surface area is 194 Å². The van der Waals surface area contributed by atoms with Gasteiger partial charge >= 0.3 is 0 Å². The minimum absolute atomic E-state index is 0.0318. The first-order chi connectivity index (χ1) is 15.9. The number of imidazole rings is 1. The summed E-state index contributed by atoms with van der Waals surface area (Å²) >= 11 is 0. The first-order valence-electron chi connectivity index (χ1n) is 11.6. The molecule has 1 aromatic carbocycles. The second-order valence-corrected chi connectivity index (χ2v) is 9.68. The molecule has 0 N–H and O–H groups in total. The molecule has 33 heavy (non-hydrogen) atoms. The average molecular weight is 448 g/mol. The normalized spacial score (nSPS) is 23.3. The van der Waals surface area contributed by atoms with E-state index in [-0.39, 0.29) is 17.6 Å². The van der Waals surface area contributed by atoms with Gasteiger partial charge in [-0.25, -0.2) is 9.37 Å². The summed E-state index contributed by atoms with van der Waals surface area (Å²) in [5.74, 6) is 0.00663. The molecule has 7 heteroatoms. The van der Waals surface area contributed by atoms with Crippen molar-refractivity contribution in [2.45, 2.75) is 45.3 Å². The van der Waals surface area contributed by atoms with Crippen LogP contribution in [0, 0.1) is 11.2 Å². The Hall–Kier alpha value is -3.06. The predicted molar refractivity (Wildman–Crippen MR) is 124 cm³/mol. The lowest BCUT2D eigenvalue weighted by Gasteiger charge is -2.28. The molecule has 0 saturated carbocycles. The molecule has 2 aliphatic heterocycles. The Morgan fingerprint density at radius 1 is 1.15 bits per heavy atom. The van der Waals surface area contributed by atoms with E-state index in [9.17, 15) is 9.18 Å². The Bertz CT molecular complexity index is 1110. The van der Waals surface area contributed by atoms with E-state index in [4.69, 9.17) is 4.98 Å². The average Bonchev–Trinajstić information content (AvgIpc) is 3.51. The molecule has 2 aliphatic rings. The minimum atomic E-state index is -0.488. The molecule has 0 aliphatic carbocycles. The summed E-state index contributed by atoms with van der Waals surface area (Å²) in [7, 11) is 0. The number of benzene rings is 1. The van der Waals surface area contributed by atoms with Crippen molar-refractivity contribution in [1.82, 2.24) is 24.3 Å². The first kappa shape index (κ1) is 21.8. The summed E-state index contributed by atoms with van der Waals surface area (Å²) in [6.45, 7) is 7.73. The fourth-order valence-corrected chi connectivity index (χ4v) is 5.36. The molecule has 1 spiro atoms. The number of likely N-dealkylation sites (tertiary alicyclic amines) is 2. The van der Waals surface area contributed by atoms with Crippen molar-refractivity contribution in [2.75, 3.05) is 19.6 Å². The lowest BCUT2D eigenvalue weighted by molar-refractivity contribution is -0.136. The number of nitrogens with zero attached hydrogens (tertiary/aromatic N) is 5. The summed E-state index contributed by atoms with van der Waals surface area (Å²) < 4.78 is 15.5. The number of carbonyl (C=O) groups excluding carboxylic acids is 1. The zero-order valence-electron chi connectivity index (χ0n) is 19.2. The van der Waals surface area contributed by atoms with Crippen molar-refractivity contribution >= 4 is 5.91 Å². The summed E-state index contributed by atoms with van der Waals surface area (Å²) in [6.07, 6.45) is 8.38. The molecule has 4 heterocycles. The number of carbonyl (C=O) groups is 1. The van der Waals surface area contributed by atoms with Crippen LogP contribution in [0.5, 0.6) is 0 Å². The van der Waals surface area contributed by atoms with Gasteiger partial charge in [0.15, 0.2) is 0 Å². The summed E-state index contributed by atoms with van der Waals surface area (Å²) in [4.78, 5) is 27.1. The summed E-state index contributed by atoms with van der Waals surface area (Å²) in [6, 6.07) is 10.9. The summed E-state index contributed by atoms with van der Waals surface area (Å²) in [5.41, 5.74) is 2.60. The van der Waals surface area contributed by atoms with E-state index in [0.29, 0.717) is 25.7 Å². The lowest BCUT2D eigenvalue weighted by Crippen LogP contribution is -2.39. The van der Waals surface area contributed by atoms with Gasteiger partial charge < -0.3 is 9.47 Å². The van der Waals surface area contributed by atoms with Gasteiger partial charge in [-0.1, -0.05) is 18.2 Å². The predicted octanol–water partition coefficient (Wildman–Crippen LogP) is 4.02. The number of amides is 1. The van der Waals surface area contributed by atoms with E-state index < -0.39 is 5.41 Å². The molecule has 0 bridgehead atoms. The van der Waals surface area contributed by atoms with Gasteiger partial charge in [0.25, 0.3) is 0 Å². The Morgan fingerprint density at radius 2 is 1.97 bits per heavy atom. The highest BCUT2D eigenvalue weighted by Crippen LogP contribution is 2.50. The Morgan fingerprint density at radius 3 is 2.67 bits per heavy atom. The molecule has 2 aromatic heterocycles. The lowest BCUT2D eigenvalue weighted by atomic mass is 9.75. The maximum absolute atomic E-state index is 13.9. The van der Waals surface area contributed by atoms with Gasteiger partial charge in [-0.3, -0.25) is 14.7 Å². The largest absolute Gasteiger partial charge is 0.338 e. The topological polar surface area (TPSA) is 54.3 Å². The van der Waals surface area contributed by atoms with Crippen LogP contribution in [0.1, 0.15) is 49.0 Å². The number of aromatic nitrogens is 3. The molecule has 2 saturated heterocycles. The van der Waals surface area contributed by atoms with Crippen molar-refractivity contribution in [2.24, 2.45) is 5.41 Å². The molecule has 172 valence electrons. The van der Waals surface area contributed by atoms with Crippen molar-refractivity contribution < 1.29 is 9.18 Å². The van der Waals surface area contributed by atoms with Gasteiger partial charge in [-0.15, -0.1) is 0 Å². The standard InChI is InChI=1S/C26H30FN5O/c1-19(2)32-16-24(29-18-32)23-15-30(13-20-5-7-22(27)8-6-20)17-26(23)9-11-31(25(26)33)14-21-4-3-10-28-12-21/h3-8,10,12,16,18-19,23H,9,11,13-15,17H2,1-2H3. The highest BCUT2D eigenvalue weighted by atomic mass is 19.1. The van der Waals surface area contributed by atoms with E-state index in [0.717, 1.165) is 36.3 Å². The summed E-state index contributed by atoms with van der Waals surface area (Å²) in [5, 5.41) is 0. The van der Waals surface area contributed by atoms with Gasteiger partial charge in [0.05, 0.1) is 17.4 Å². The van der Waals surface area contributed by atoms with Crippen molar-refractivity contribution in [3.8, 4) is 0 Å². The second kappa shape index (κ2) is 8.71. The third kappa shape index (κ3) is 4.17. The number of hydrogen-bond acceptors (Lipinski definition) is 4. The maximum Gasteiger partial charge on any atom is 0.231 e. The van der Waals surface area contributed by atoms with E-state index in [2.05, 4.69) is 34.5 Å². The molecule has 1 amide bonds. The molecule has 3 aromatic rings. The van der Waals surface area contributed by atoms with Crippen LogP contribution in [0.15, 0.2) is 61.3 Å². The molecular weight excluding hydrogens is 417 g/mol. The van der Waals surface area contributed by atoms with Crippen LogP contribution >= 0.6 is 0 Å². The number of rotatable bonds is 6. The SMILES string of the molecule is CC(C)n1cnc(C2CN(Cc3ccc(F)cc3)CC23CCN(Cc2cccnc2)C3=O)c1. The van der Waals surface area contributed by atoms with Crippen molar-refractivity contribution in [3.05, 3.63) is 84.0 Å². The first-order valence-corrected chi connectivity index (χ1v) is 11.6. The van der Waals surface area contributed by atoms with Gasteiger partial charge in [0.1, 0.15) is 5.82 Å². The van der Waals surface area contributed by atoms with E-state index in [1.165, 1.54) is 12.1 Å². The zero-order valence-corrected chi connectivity index (χ0v) is 19.2. The zero-order chi connectivity index (χ0) is 23.0. The van der Waals surface area contributed by atoms with Gasteiger partial charge in [-0.2, -0.15) is 0 Å². The third-order valence-electron chi connectivity index (χ3n) is 7.14. The van der Waals surface area contributed by atoms with Crippen LogP contribution < -0.4 is 0 Å². The molecule has 5 rings (SSSR count). The van der Waals surface area contributed by atoms with E-state index in [1.54, 1.807) is 6.20 Å². The smallest absolute Gasteiger partial charge is 0.231 e. The highest BCUT2D eigenvalue weighted by molar-refractivity contribution is 5.86. The highest BCUT2D eigenvalue weighted by Gasteiger charge is 2.57. The van der Waals surface area contributed by atoms with Crippen LogP contribution in [0.4, 0.5) is 4.39 Å². The van der Waals surface area contributed by atoms with Crippen LogP contribution in [0.2, 0.25) is 0 Å². The second-order valence-electron chi connectivity index (χ2n) is 9.68. The number of hydrogen-bond donors (Lipinski definition) is 0. The van der Waals surface area contributed by atoms with E-state index in [1.807, 2.05) is 41.7 Å². The van der Waals surface area contributed by atoms with Crippen molar-refractivity contribution in [3.63, 3.8) is 0 Å². The molecule has 2 unspecified atom stereocenters. The number of pyridine rings is 1. The van der Waals surface area contributed by atoms with Crippen LogP contribution in [-0.2, 0) is 17.9 Å². The van der Waals surface area contributed by atoms with Crippen LogP contribution in [-0.4, -0.2) is 49.9 Å². The van der Waals surface area contributed by atoms with Gasteiger partial charge in [0, 0.05) is 63.3 Å². The number of halogens is 1. The Kier molecular flexibility index (Phi) is 5.74. The van der Waals surface area contributed by atoms with Gasteiger partial charge in [0.2, 0.25) is 5.91 Å². The van der Waals surface area contributed by atoms with Gasteiger partial charge in [-0.05, 0) is 49.6 Å². The fraction of sp³-hybridized carbons (Fsp3) is 0.423. The maximum atomic E-state index is 13.9. The van der Waals surface area contributed by atoms with Crippen LogP contribution in [0.3, 0.4) is 0 Å². The minimum Gasteiger partial charge on any atom is -0.338 e. The molecule has 0 radical (unpaired) electrons. The van der Waals surface area contributed by atoms with Crippen LogP contribution in [0.25, 0.3) is 0 Å². The fourth-order valence-electron chi connectivity index (χ4n) is 5.36. The molecule has 2 atom stereocenters. The van der Waals surface area contributed by atoms with E-state index >= 15 is 0 Å². The quantitative estimate of drug-likeness (QED) is 0.573. The monoisotopic (exact) mass is 447 g/mol. The Balaban J connectivity index is 1.42.